The minimum atomic E-state index is -0.346. The summed E-state index contributed by atoms with van der Waals surface area (Å²) >= 11 is 11.5. The Hall–Kier alpha value is -0.540. The summed E-state index contributed by atoms with van der Waals surface area (Å²) in [5.41, 5.74) is -0.346. The largest absolute Gasteiger partial charge is 0.471 e. The molecule has 1 rings (SSSR count). The second kappa shape index (κ2) is 3.68. The molecule has 0 radical (unpaired) electrons. The maximum absolute atomic E-state index is 5.82. The second-order valence-electron chi connectivity index (χ2n) is 3.50. The Morgan fingerprint density at radius 2 is 1.85 bits per heavy atom. The van der Waals surface area contributed by atoms with Crippen LogP contribution in [-0.2, 0) is 0 Å². The van der Waals surface area contributed by atoms with Gasteiger partial charge in [-0.15, -0.1) is 0 Å². The van der Waals surface area contributed by atoms with E-state index in [0.29, 0.717) is 5.88 Å². The summed E-state index contributed by atoms with van der Waals surface area (Å²) in [6.45, 7) is 5.71. The Morgan fingerprint density at radius 1 is 1.23 bits per heavy atom. The molecule has 0 bridgehead atoms. The molecule has 0 saturated heterocycles. The molecule has 0 aromatic carbocycles. The third-order valence-electron chi connectivity index (χ3n) is 1.12. The van der Waals surface area contributed by atoms with Crippen molar-refractivity contribution in [1.29, 1.82) is 0 Å². The van der Waals surface area contributed by atoms with Crippen LogP contribution in [0, 0.1) is 0 Å². The van der Waals surface area contributed by atoms with Crippen LogP contribution < -0.4 is 4.74 Å². The first-order valence-corrected chi connectivity index (χ1v) is 4.51. The minimum Gasteiger partial charge on any atom is -0.471 e. The lowest BCUT2D eigenvalue weighted by molar-refractivity contribution is 0.124. The number of aromatic nitrogens is 2. The summed E-state index contributed by atoms with van der Waals surface area (Å²) < 4.78 is 5.45. The summed E-state index contributed by atoms with van der Waals surface area (Å²) in [5, 5.41) is 0.454. The van der Waals surface area contributed by atoms with E-state index in [1.54, 1.807) is 0 Å². The van der Waals surface area contributed by atoms with Crippen LogP contribution in [0.2, 0.25) is 10.2 Å². The molecule has 0 saturated carbocycles. The van der Waals surface area contributed by atoms with E-state index in [0.717, 1.165) is 0 Å². The molecule has 0 aliphatic rings. The molecule has 1 heterocycles. The first-order chi connectivity index (χ1) is 5.90. The third kappa shape index (κ3) is 3.01. The highest BCUT2D eigenvalue weighted by Gasteiger charge is 2.16. The van der Waals surface area contributed by atoms with Crippen LogP contribution in [-0.4, -0.2) is 15.6 Å². The maximum Gasteiger partial charge on any atom is 0.237 e. The van der Waals surface area contributed by atoms with E-state index in [1.165, 1.54) is 6.33 Å². The van der Waals surface area contributed by atoms with Gasteiger partial charge in [0, 0.05) is 0 Å². The van der Waals surface area contributed by atoms with Crippen LogP contribution in [0.15, 0.2) is 6.33 Å². The van der Waals surface area contributed by atoms with Crippen molar-refractivity contribution in [3.8, 4) is 5.88 Å². The first kappa shape index (κ1) is 10.5. The lowest BCUT2D eigenvalue weighted by Gasteiger charge is -2.20. The molecular formula is C8H10Cl2N2O. The monoisotopic (exact) mass is 220 g/mol. The zero-order chi connectivity index (χ0) is 10.1. The second-order valence-corrected chi connectivity index (χ2v) is 4.23. The molecule has 0 spiro atoms. The molecule has 1 aromatic heterocycles. The molecule has 0 N–H and O–H groups in total. The average molecular weight is 221 g/mol. The van der Waals surface area contributed by atoms with Crippen molar-refractivity contribution >= 4 is 23.2 Å². The fraction of sp³-hybridized carbons (Fsp3) is 0.500. The maximum atomic E-state index is 5.82. The van der Waals surface area contributed by atoms with Gasteiger partial charge in [0.2, 0.25) is 5.88 Å². The number of hydrogen-bond donors (Lipinski definition) is 0. The van der Waals surface area contributed by atoms with Crippen LogP contribution in [0.1, 0.15) is 20.8 Å². The van der Waals surface area contributed by atoms with E-state index in [9.17, 15) is 0 Å². The van der Waals surface area contributed by atoms with E-state index in [1.807, 2.05) is 20.8 Å². The van der Waals surface area contributed by atoms with Gasteiger partial charge < -0.3 is 4.74 Å². The topological polar surface area (TPSA) is 35.0 Å². The Labute approximate surface area is 87.1 Å². The van der Waals surface area contributed by atoms with Gasteiger partial charge in [-0.2, -0.15) is 0 Å². The molecule has 0 unspecified atom stereocenters. The van der Waals surface area contributed by atoms with E-state index < -0.39 is 0 Å². The Balaban J connectivity index is 2.96. The average Bonchev–Trinajstić information content (AvgIpc) is 1.96. The van der Waals surface area contributed by atoms with Crippen molar-refractivity contribution in [3.63, 3.8) is 0 Å². The quantitative estimate of drug-likeness (QED) is 0.683. The molecular weight excluding hydrogens is 211 g/mol. The molecule has 13 heavy (non-hydrogen) atoms. The fourth-order valence-corrected chi connectivity index (χ4v) is 0.955. The highest BCUT2D eigenvalue weighted by atomic mass is 35.5. The Kier molecular flexibility index (Phi) is 2.98. The van der Waals surface area contributed by atoms with Gasteiger partial charge >= 0.3 is 0 Å². The number of ether oxygens (including phenoxy) is 1. The van der Waals surface area contributed by atoms with Crippen molar-refractivity contribution in [2.24, 2.45) is 0 Å². The van der Waals surface area contributed by atoms with Gasteiger partial charge in [-0.25, -0.2) is 9.97 Å². The zero-order valence-corrected chi connectivity index (χ0v) is 9.15. The molecule has 5 heteroatoms. The van der Waals surface area contributed by atoms with Crippen LogP contribution in [0.25, 0.3) is 0 Å². The van der Waals surface area contributed by atoms with Crippen molar-refractivity contribution in [2.45, 2.75) is 26.4 Å². The third-order valence-corrected chi connectivity index (χ3v) is 1.84. The van der Waals surface area contributed by atoms with Gasteiger partial charge in [0.05, 0.1) is 0 Å². The Morgan fingerprint density at radius 3 is 2.38 bits per heavy atom. The van der Waals surface area contributed by atoms with Crippen LogP contribution in [0.4, 0.5) is 0 Å². The normalized spacial score (nSPS) is 11.5. The van der Waals surface area contributed by atoms with Crippen molar-refractivity contribution in [3.05, 3.63) is 16.5 Å². The summed E-state index contributed by atoms with van der Waals surface area (Å²) in [4.78, 5) is 7.59. The van der Waals surface area contributed by atoms with Crippen LogP contribution >= 0.6 is 23.2 Å². The van der Waals surface area contributed by atoms with Crippen molar-refractivity contribution in [1.82, 2.24) is 9.97 Å². The molecule has 1 aromatic rings. The van der Waals surface area contributed by atoms with Gasteiger partial charge in [-0.05, 0) is 20.8 Å². The van der Waals surface area contributed by atoms with Crippen LogP contribution in [0.3, 0.4) is 0 Å². The molecule has 0 amide bonds. The summed E-state index contributed by atoms with van der Waals surface area (Å²) in [6, 6.07) is 0. The highest BCUT2D eigenvalue weighted by Crippen LogP contribution is 2.29. The predicted octanol–water partition coefficient (Wildman–Crippen LogP) is 2.96. The van der Waals surface area contributed by atoms with E-state index in [4.69, 9.17) is 27.9 Å². The van der Waals surface area contributed by atoms with Crippen molar-refractivity contribution < 1.29 is 4.74 Å². The van der Waals surface area contributed by atoms with Crippen LogP contribution in [0.5, 0.6) is 5.88 Å². The Bertz CT molecular complexity index is 310. The SMILES string of the molecule is CC(C)(C)Oc1ncnc(Cl)c1Cl. The van der Waals surface area contributed by atoms with E-state index >= 15 is 0 Å². The summed E-state index contributed by atoms with van der Waals surface area (Å²) in [6.07, 6.45) is 1.31. The molecule has 72 valence electrons. The molecule has 0 fully saturated rings. The van der Waals surface area contributed by atoms with Crippen molar-refractivity contribution in [2.75, 3.05) is 0 Å². The van der Waals surface area contributed by atoms with E-state index in [2.05, 4.69) is 9.97 Å². The lowest BCUT2D eigenvalue weighted by Crippen LogP contribution is -2.23. The highest BCUT2D eigenvalue weighted by molar-refractivity contribution is 6.41. The molecule has 3 nitrogen and oxygen atoms in total. The number of rotatable bonds is 1. The van der Waals surface area contributed by atoms with Gasteiger partial charge in [0.15, 0.2) is 5.15 Å². The van der Waals surface area contributed by atoms with Gasteiger partial charge in [0.1, 0.15) is 17.0 Å². The predicted molar refractivity (Wildman–Crippen MR) is 52.4 cm³/mol. The van der Waals surface area contributed by atoms with Gasteiger partial charge in [-0.1, -0.05) is 23.2 Å². The van der Waals surface area contributed by atoms with E-state index in [-0.39, 0.29) is 15.8 Å². The minimum absolute atomic E-state index is 0.205. The number of halogens is 2. The molecule has 0 aliphatic heterocycles. The number of nitrogens with zero attached hydrogens (tertiary/aromatic N) is 2. The lowest BCUT2D eigenvalue weighted by atomic mass is 10.2. The first-order valence-electron chi connectivity index (χ1n) is 3.75. The molecule has 0 atom stereocenters. The summed E-state index contributed by atoms with van der Waals surface area (Å²) in [5.74, 6) is 0.314. The van der Waals surface area contributed by atoms with Gasteiger partial charge in [-0.3, -0.25) is 0 Å². The summed E-state index contributed by atoms with van der Waals surface area (Å²) in [7, 11) is 0. The number of hydrogen-bond acceptors (Lipinski definition) is 3. The fourth-order valence-electron chi connectivity index (χ4n) is 0.695. The smallest absolute Gasteiger partial charge is 0.237 e. The molecule has 0 aliphatic carbocycles. The zero-order valence-electron chi connectivity index (χ0n) is 7.64. The standard InChI is InChI=1S/C8H10Cl2N2O/c1-8(2,3)13-7-5(9)6(10)11-4-12-7/h4H,1-3H3. The van der Waals surface area contributed by atoms with Gasteiger partial charge in [0.25, 0.3) is 0 Å².